The van der Waals surface area contributed by atoms with Gasteiger partial charge in [-0.1, -0.05) is 36.8 Å². The summed E-state index contributed by atoms with van der Waals surface area (Å²) in [6, 6.07) is 12.5. The number of hydrogen-bond acceptors (Lipinski definition) is 2. The SMILES string of the molecule is CCCC(=O)Nc1ccc(CNCc2c(C)cc(C)cc2C)cc1. The Morgan fingerprint density at radius 3 is 2.17 bits per heavy atom. The standard InChI is InChI=1S/C21H28N2O/c1-5-6-21(24)23-19-9-7-18(8-10-19)13-22-14-20-16(3)11-15(2)12-17(20)4/h7-12,22H,5-6,13-14H2,1-4H3,(H,23,24). The monoisotopic (exact) mass is 324 g/mol. The molecule has 0 spiro atoms. The molecule has 2 aromatic rings. The topological polar surface area (TPSA) is 41.1 Å². The molecule has 0 atom stereocenters. The quantitative estimate of drug-likeness (QED) is 0.779. The molecule has 2 N–H and O–H groups in total. The van der Waals surface area contributed by atoms with Crippen molar-refractivity contribution in [2.24, 2.45) is 0 Å². The molecule has 1 amide bonds. The van der Waals surface area contributed by atoms with Gasteiger partial charge in [-0.3, -0.25) is 4.79 Å². The molecule has 0 saturated heterocycles. The second kappa shape index (κ2) is 8.65. The van der Waals surface area contributed by atoms with Crippen LogP contribution in [0.3, 0.4) is 0 Å². The smallest absolute Gasteiger partial charge is 0.224 e. The highest BCUT2D eigenvalue weighted by molar-refractivity contribution is 5.90. The van der Waals surface area contributed by atoms with Gasteiger partial charge in [0.1, 0.15) is 0 Å². The van der Waals surface area contributed by atoms with Crippen molar-refractivity contribution in [1.82, 2.24) is 5.32 Å². The van der Waals surface area contributed by atoms with Crippen LogP contribution >= 0.6 is 0 Å². The third kappa shape index (κ3) is 5.20. The fraction of sp³-hybridized carbons (Fsp3) is 0.381. The zero-order chi connectivity index (χ0) is 17.5. The second-order valence-electron chi connectivity index (χ2n) is 6.48. The minimum Gasteiger partial charge on any atom is -0.326 e. The van der Waals surface area contributed by atoms with Gasteiger partial charge in [-0.05, 0) is 61.6 Å². The molecule has 0 unspecified atom stereocenters. The summed E-state index contributed by atoms with van der Waals surface area (Å²) in [4.78, 5) is 11.6. The molecule has 0 saturated carbocycles. The van der Waals surface area contributed by atoms with Gasteiger partial charge >= 0.3 is 0 Å². The zero-order valence-corrected chi connectivity index (χ0v) is 15.2. The van der Waals surface area contributed by atoms with Crippen LogP contribution in [0, 0.1) is 20.8 Å². The van der Waals surface area contributed by atoms with Crippen LogP contribution in [-0.2, 0) is 17.9 Å². The van der Waals surface area contributed by atoms with Crippen molar-refractivity contribution in [2.45, 2.75) is 53.6 Å². The van der Waals surface area contributed by atoms with E-state index < -0.39 is 0 Å². The van der Waals surface area contributed by atoms with Crippen molar-refractivity contribution in [1.29, 1.82) is 0 Å². The molecule has 0 aliphatic heterocycles. The van der Waals surface area contributed by atoms with Crippen LogP contribution in [0.1, 0.15) is 47.6 Å². The molecular weight excluding hydrogens is 296 g/mol. The van der Waals surface area contributed by atoms with Gasteiger partial charge in [0, 0.05) is 25.2 Å². The minimum atomic E-state index is 0.0775. The van der Waals surface area contributed by atoms with Gasteiger partial charge in [-0.2, -0.15) is 0 Å². The van der Waals surface area contributed by atoms with Gasteiger partial charge in [0.2, 0.25) is 5.91 Å². The van der Waals surface area contributed by atoms with E-state index in [1.165, 1.54) is 27.8 Å². The predicted molar refractivity (Wildman–Crippen MR) is 101 cm³/mol. The largest absolute Gasteiger partial charge is 0.326 e. The summed E-state index contributed by atoms with van der Waals surface area (Å²) in [6.45, 7) is 10.2. The maximum atomic E-state index is 11.6. The highest BCUT2D eigenvalue weighted by Gasteiger charge is 2.04. The molecule has 128 valence electrons. The summed E-state index contributed by atoms with van der Waals surface area (Å²) >= 11 is 0. The molecule has 3 nitrogen and oxygen atoms in total. The van der Waals surface area contributed by atoms with Crippen molar-refractivity contribution < 1.29 is 4.79 Å². The molecule has 0 aliphatic rings. The first-order valence-corrected chi connectivity index (χ1v) is 8.66. The van der Waals surface area contributed by atoms with E-state index >= 15 is 0 Å². The average Bonchev–Trinajstić information content (AvgIpc) is 2.51. The number of benzene rings is 2. The van der Waals surface area contributed by atoms with Crippen molar-refractivity contribution in [2.75, 3.05) is 5.32 Å². The molecule has 2 aromatic carbocycles. The van der Waals surface area contributed by atoms with E-state index in [1.54, 1.807) is 0 Å². The van der Waals surface area contributed by atoms with E-state index in [-0.39, 0.29) is 5.91 Å². The Bertz CT molecular complexity index is 666. The summed E-state index contributed by atoms with van der Waals surface area (Å²) in [5.74, 6) is 0.0775. The summed E-state index contributed by atoms with van der Waals surface area (Å²) in [5, 5.41) is 6.43. The molecule has 0 aromatic heterocycles. The Labute approximate surface area is 145 Å². The van der Waals surface area contributed by atoms with Gasteiger partial charge in [0.15, 0.2) is 0 Å². The molecule has 24 heavy (non-hydrogen) atoms. The molecule has 0 radical (unpaired) electrons. The average molecular weight is 324 g/mol. The van der Waals surface area contributed by atoms with Gasteiger partial charge < -0.3 is 10.6 Å². The van der Waals surface area contributed by atoms with Crippen molar-refractivity contribution in [3.63, 3.8) is 0 Å². The number of hydrogen-bond donors (Lipinski definition) is 2. The van der Waals surface area contributed by atoms with Crippen LogP contribution in [0.2, 0.25) is 0 Å². The zero-order valence-electron chi connectivity index (χ0n) is 15.2. The Morgan fingerprint density at radius 2 is 1.58 bits per heavy atom. The first kappa shape index (κ1) is 18.2. The predicted octanol–water partition coefficient (Wildman–Crippen LogP) is 4.64. The molecule has 3 heteroatoms. The Balaban J connectivity index is 1.88. The van der Waals surface area contributed by atoms with Gasteiger partial charge in [0.05, 0.1) is 0 Å². The number of rotatable bonds is 7. The number of carbonyl (C=O) groups excluding carboxylic acids is 1. The van der Waals surface area contributed by atoms with E-state index in [2.05, 4.69) is 55.7 Å². The third-order valence-corrected chi connectivity index (χ3v) is 4.19. The second-order valence-corrected chi connectivity index (χ2v) is 6.48. The van der Waals surface area contributed by atoms with Crippen LogP contribution in [0.4, 0.5) is 5.69 Å². The van der Waals surface area contributed by atoms with E-state index in [4.69, 9.17) is 0 Å². The highest BCUT2D eigenvalue weighted by Crippen LogP contribution is 2.16. The van der Waals surface area contributed by atoms with Crippen molar-refractivity contribution in [3.05, 3.63) is 64.2 Å². The van der Waals surface area contributed by atoms with E-state index in [0.29, 0.717) is 6.42 Å². The molecule has 0 heterocycles. The lowest BCUT2D eigenvalue weighted by molar-refractivity contribution is -0.116. The lowest BCUT2D eigenvalue weighted by Gasteiger charge is -2.13. The van der Waals surface area contributed by atoms with E-state index in [1.807, 2.05) is 19.1 Å². The molecule has 0 fully saturated rings. The molecular formula is C21H28N2O. The summed E-state index contributed by atoms with van der Waals surface area (Å²) in [7, 11) is 0. The van der Waals surface area contributed by atoms with E-state index in [9.17, 15) is 4.79 Å². The Hall–Kier alpha value is -2.13. The molecule has 2 rings (SSSR count). The first-order chi connectivity index (χ1) is 11.5. The fourth-order valence-corrected chi connectivity index (χ4v) is 2.98. The number of carbonyl (C=O) groups is 1. The number of aryl methyl sites for hydroxylation is 3. The summed E-state index contributed by atoms with van der Waals surface area (Å²) in [6.07, 6.45) is 1.43. The Morgan fingerprint density at radius 1 is 0.958 bits per heavy atom. The lowest BCUT2D eigenvalue weighted by atomic mass is 10.00. The van der Waals surface area contributed by atoms with Crippen LogP contribution in [0.5, 0.6) is 0 Å². The number of anilines is 1. The van der Waals surface area contributed by atoms with Crippen molar-refractivity contribution in [3.8, 4) is 0 Å². The van der Waals surface area contributed by atoms with Gasteiger partial charge in [-0.25, -0.2) is 0 Å². The van der Waals surface area contributed by atoms with Crippen molar-refractivity contribution >= 4 is 11.6 Å². The first-order valence-electron chi connectivity index (χ1n) is 8.66. The Kier molecular flexibility index (Phi) is 6.56. The van der Waals surface area contributed by atoms with Crippen LogP contribution in [0.25, 0.3) is 0 Å². The normalized spacial score (nSPS) is 10.7. The summed E-state index contributed by atoms with van der Waals surface area (Å²) < 4.78 is 0. The van der Waals surface area contributed by atoms with Crippen LogP contribution in [0.15, 0.2) is 36.4 Å². The molecule has 0 bridgehead atoms. The van der Waals surface area contributed by atoms with Crippen LogP contribution < -0.4 is 10.6 Å². The highest BCUT2D eigenvalue weighted by atomic mass is 16.1. The van der Waals surface area contributed by atoms with Gasteiger partial charge in [-0.15, -0.1) is 0 Å². The fourth-order valence-electron chi connectivity index (χ4n) is 2.98. The maximum Gasteiger partial charge on any atom is 0.224 e. The number of nitrogens with one attached hydrogen (secondary N) is 2. The minimum absolute atomic E-state index is 0.0775. The lowest BCUT2D eigenvalue weighted by Crippen LogP contribution is -2.15. The maximum absolute atomic E-state index is 11.6. The van der Waals surface area contributed by atoms with Gasteiger partial charge in [0.25, 0.3) is 0 Å². The number of amides is 1. The van der Waals surface area contributed by atoms with E-state index in [0.717, 1.165) is 25.2 Å². The third-order valence-electron chi connectivity index (χ3n) is 4.19. The summed E-state index contributed by atoms with van der Waals surface area (Å²) in [5.41, 5.74) is 7.45. The molecule has 0 aliphatic carbocycles. The van der Waals surface area contributed by atoms with Crippen LogP contribution in [-0.4, -0.2) is 5.91 Å².